The number of nitrogens with one attached hydrogen (secondary N) is 1. The summed E-state index contributed by atoms with van der Waals surface area (Å²) in [4.78, 5) is 14.6. The first-order valence-corrected chi connectivity index (χ1v) is 7.14. The third-order valence-electron chi connectivity index (χ3n) is 3.74. The van der Waals surface area contributed by atoms with E-state index in [2.05, 4.69) is 10.2 Å². The highest BCUT2D eigenvalue weighted by atomic mass is 16.5. The van der Waals surface area contributed by atoms with Crippen molar-refractivity contribution in [1.82, 2.24) is 15.1 Å². The summed E-state index contributed by atoms with van der Waals surface area (Å²) < 4.78 is 5.74. The number of morpholine rings is 1. The van der Waals surface area contributed by atoms with Crippen LogP contribution in [-0.4, -0.2) is 40.3 Å². The molecule has 5 heteroatoms. The summed E-state index contributed by atoms with van der Waals surface area (Å²) in [6.45, 7) is 4.96. The molecule has 0 radical (unpaired) electrons. The molecule has 1 aliphatic rings. The Morgan fingerprint density at radius 1 is 1.38 bits per heavy atom. The minimum absolute atomic E-state index is 0.0361. The molecule has 1 N–H and O–H groups in total. The van der Waals surface area contributed by atoms with Gasteiger partial charge in [0.2, 0.25) is 0 Å². The standard InChI is InChI=1S/C16H19N3O2/c1-11-8-14(18-17-11)16(20)19-9-12(2)21-10-15(19)13-6-4-3-5-7-13/h3-8,12,15H,9-10H2,1-2H3,(H,17,18). The fourth-order valence-electron chi connectivity index (χ4n) is 2.65. The Kier molecular flexibility index (Phi) is 3.75. The predicted octanol–water partition coefficient (Wildman–Crippen LogP) is 2.32. The summed E-state index contributed by atoms with van der Waals surface area (Å²) >= 11 is 0. The van der Waals surface area contributed by atoms with Crippen molar-refractivity contribution in [3.8, 4) is 0 Å². The van der Waals surface area contributed by atoms with Gasteiger partial charge in [-0.1, -0.05) is 30.3 Å². The zero-order chi connectivity index (χ0) is 14.8. The first-order chi connectivity index (χ1) is 10.1. The third-order valence-corrected chi connectivity index (χ3v) is 3.74. The lowest BCUT2D eigenvalue weighted by atomic mass is 10.0. The number of rotatable bonds is 2. The Labute approximate surface area is 123 Å². The Bertz CT molecular complexity index is 623. The number of ether oxygens (including phenoxy) is 1. The molecule has 2 atom stereocenters. The number of carbonyl (C=O) groups is 1. The van der Waals surface area contributed by atoms with Crippen LogP contribution < -0.4 is 0 Å². The largest absolute Gasteiger partial charge is 0.374 e. The van der Waals surface area contributed by atoms with E-state index in [4.69, 9.17) is 4.74 Å². The summed E-state index contributed by atoms with van der Waals surface area (Å²) in [5.41, 5.74) is 2.43. The van der Waals surface area contributed by atoms with Crippen LogP contribution in [0.25, 0.3) is 0 Å². The second-order valence-corrected chi connectivity index (χ2v) is 5.46. The molecule has 1 aromatic carbocycles. The van der Waals surface area contributed by atoms with Crippen LogP contribution in [0.2, 0.25) is 0 Å². The van der Waals surface area contributed by atoms with Crippen molar-refractivity contribution in [3.63, 3.8) is 0 Å². The number of aromatic amines is 1. The maximum atomic E-state index is 12.7. The van der Waals surface area contributed by atoms with E-state index in [-0.39, 0.29) is 18.1 Å². The van der Waals surface area contributed by atoms with Crippen molar-refractivity contribution in [3.05, 3.63) is 53.3 Å². The Hall–Kier alpha value is -2.14. The number of hydrogen-bond donors (Lipinski definition) is 1. The van der Waals surface area contributed by atoms with E-state index in [0.29, 0.717) is 18.8 Å². The lowest BCUT2D eigenvalue weighted by molar-refractivity contribution is -0.0449. The van der Waals surface area contributed by atoms with Crippen LogP contribution in [0.3, 0.4) is 0 Å². The average molecular weight is 285 g/mol. The molecule has 1 saturated heterocycles. The normalized spacial score (nSPS) is 22.3. The second-order valence-electron chi connectivity index (χ2n) is 5.46. The molecule has 2 aromatic rings. The van der Waals surface area contributed by atoms with Crippen LogP contribution in [0.5, 0.6) is 0 Å². The topological polar surface area (TPSA) is 58.2 Å². The number of carbonyl (C=O) groups excluding carboxylic acids is 1. The van der Waals surface area contributed by atoms with E-state index in [9.17, 15) is 4.79 Å². The smallest absolute Gasteiger partial charge is 0.275 e. The molecule has 1 fully saturated rings. The average Bonchev–Trinajstić information content (AvgIpc) is 2.94. The highest BCUT2D eigenvalue weighted by Gasteiger charge is 2.33. The van der Waals surface area contributed by atoms with Gasteiger partial charge in [0.05, 0.1) is 18.8 Å². The molecule has 1 aliphatic heterocycles. The number of hydrogen-bond acceptors (Lipinski definition) is 3. The van der Waals surface area contributed by atoms with Crippen LogP contribution in [-0.2, 0) is 4.74 Å². The third kappa shape index (κ3) is 2.83. The first-order valence-electron chi connectivity index (χ1n) is 7.14. The van der Waals surface area contributed by atoms with Crippen LogP contribution >= 0.6 is 0 Å². The maximum Gasteiger partial charge on any atom is 0.275 e. The van der Waals surface area contributed by atoms with Crippen LogP contribution in [0, 0.1) is 6.92 Å². The van der Waals surface area contributed by atoms with E-state index in [0.717, 1.165) is 11.3 Å². The van der Waals surface area contributed by atoms with Crippen molar-refractivity contribution in [2.45, 2.75) is 26.0 Å². The Balaban J connectivity index is 1.90. The minimum atomic E-state index is -0.0630. The molecule has 0 bridgehead atoms. The SMILES string of the molecule is Cc1cc(C(=O)N2CC(C)OCC2c2ccccc2)n[nH]1. The predicted molar refractivity (Wildman–Crippen MR) is 79.0 cm³/mol. The molecule has 0 spiro atoms. The van der Waals surface area contributed by atoms with Gasteiger partial charge >= 0.3 is 0 Å². The number of amides is 1. The van der Waals surface area contributed by atoms with Gasteiger partial charge in [-0.3, -0.25) is 9.89 Å². The zero-order valence-corrected chi connectivity index (χ0v) is 12.2. The molecule has 110 valence electrons. The molecule has 21 heavy (non-hydrogen) atoms. The molecule has 1 amide bonds. The maximum absolute atomic E-state index is 12.7. The van der Waals surface area contributed by atoms with E-state index < -0.39 is 0 Å². The van der Waals surface area contributed by atoms with Crippen molar-refractivity contribution >= 4 is 5.91 Å². The summed E-state index contributed by atoms with van der Waals surface area (Å²) in [6, 6.07) is 11.7. The van der Waals surface area contributed by atoms with Crippen molar-refractivity contribution in [1.29, 1.82) is 0 Å². The fraction of sp³-hybridized carbons (Fsp3) is 0.375. The number of benzene rings is 1. The fourth-order valence-corrected chi connectivity index (χ4v) is 2.65. The lowest BCUT2D eigenvalue weighted by Crippen LogP contribution is -2.46. The highest BCUT2D eigenvalue weighted by molar-refractivity contribution is 5.92. The van der Waals surface area contributed by atoms with Gasteiger partial charge in [-0.05, 0) is 25.5 Å². The van der Waals surface area contributed by atoms with Gasteiger partial charge in [-0.2, -0.15) is 5.10 Å². The summed E-state index contributed by atoms with van der Waals surface area (Å²) in [7, 11) is 0. The molecule has 1 aromatic heterocycles. The molecular weight excluding hydrogens is 266 g/mol. The van der Waals surface area contributed by atoms with Crippen molar-refractivity contribution < 1.29 is 9.53 Å². The molecule has 2 heterocycles. The van der Waals surface area contributed by atoms with Gasteiger partial charge in [0.25, 0.3) is 5.91 Å². The quantitative estimate of drug-likeness (QED) is 0.921. The number of aryl methyl sites for hydroxylation is 1. The molecule has 0 saturated carbocycles. The van der Waals surface area contributed by atoms with Crippen molar-refractivity contribution in [2.75, 3.05) is 13.2 Å². The van der Waals surface area contributed by atoms with E-state index in [1.54, 1.807) is 6.07 Å². The molecule has 3 rings (SSSR count). The molecule has 0 aliphatic carbocycles. The highest BCUT2D eigenvalue weighted by Crippen LogP contribution is 2.27. The summed E-state index contributed by atoms with van der Waals surface area (Å²) in [6.07, 6.45) is 0.0361. The molecular formula is C16H19N3O2. The van der Waals surface area contributed by atoms with Gasteiger partial charge in [-0.25, -0.2) is 0 Å². The monoisotopic (exact) mass is 285 g/mol. The van der Waals surface area contributed by atoms with Gasteiger partial charge in [0.15, 0.2) is 0 Å². The van der Waals surface area contributed by atoms with Crippen LogP contribution in [0.15, 0.2) is 36.4 Å². The van der Waals surface area contributed by atoms with Gasteiger partial charge < -0.3 is 9.64 Å². The van der Waals surface area contributed by atoms with Crippen LogP contribution in [0.1, 0.15) is 34.7 Å². The van der Waals surface area contributed by atoms with Crippen molar-refractivity contribution in [2.24, 2.45) is 0 Å². The molecule has 5 nitrogen and oxygen atoms in total. The second kappa shape index (κ2) is 5.69. The van der Waals surface area contributed by atoms with E-state index >= 15 is 0 Å². The Morgan fingerprint density at radius 3 is 2.81 bits per heavy atom. The Morgan fingerprint density at radius 2 is 2.14 bits per heavy atom. The van der Waals surface area contributed by atoms with E-state index in [1.807, 2.05) is 49.1 Å². The number of nitrogens with zero attached hydrogens (tertiary/aromatic N) is 2. The van der Waals surface area contributed by atoms with Gasteiger partial charge in [0.1, 0.15) is 5.69 Å². The summed E-state index contributed by atoms with van der Waals surface area (Å²) in [5.74, 6) is -0.0525. The van der Waals surface area contributed by atoms with Gasteiger partial charge in [0, 0.05) is 12.2 Å². The number of aromatic nitrogens is 2. The lowest BCUT2D eigenvalue weighted by Gasteiger charge is -2.38. The first kappa shape index (κ1) is 13.8. The minimum Gasteiger partial charge on any atom is -0.374 e. The number of H-pyrrole nitrogens is 1. The van der Waals surface area contributed by atoms with Crippen LogP contribution in [0.4, 0.5) is 0 Å². The zero-order valence-electron chi connectivity index (χ0n) is 12.2. The van der Waals surface area contributed by atoms with E-state index in [1.165, 1.54) is 0 Å². The summed E-state index contributed by atoms with van der Waals surface area (Å²) in [5, 5.41) is 6.91. The molecule has 2 unspecified atom stereocenters. The van der Waals surface area contributed by atoms with Gasteiger partial charge in [-0.15, -0.1) is 0 Å².